The Morgan fingerprint density at radius 2 is 1.65 bits per heavy atom. The van der Waals surface area contributed by atoms with Gasteiger partial charge in [-0.15, -0.1) is 0 Å². The van der Waals surface area contributed by atoms with Gasteiger partial charge in [0.1, 0.15) is 5.75 Å². The lowest BCUT2D eigenvalue weighted by Gasteiger charge is -2.17. The molecule has 0 spiro atoms. The van der Waals surface area contributed by atoms with Gasteiger partial charge in [0.2, 0.25) is 5.75 Å². The highest BCUT2D eigenvalue weighted by Crippen LogP contribution is 2.40. The normalized spacial score (nSPS) is 11.8. The Kier molecular flexibility index (Phi) is 7.44. The summed E-state index contributed by atoms with van der Waals surface area (Å²) < 4.78 is 21.7. The minimum absolute atomic E-state index is 0.447. The fourth-order valence-electron chi connectivity index (χ4n) is 1.99. The van der Waals surface area contributed by atoms with Gasteiger partial charge in [-0.2, -0.15) is 12.6 Å². The molecule has 1 aromatic rings. The molecule has 20 heavy (non-hydrogen) atoms. The lowest BCUT2D eigenvalue weighted by molar-refractivity contribution is 0.250. The summed E-state index contributed by atoms with van der Waals surface area (Å²) in [5.41, 5.74) is 0. The van der Waals surface area contributed by atoms with Crippen LogP contribution in [0, 0.1) is 5.92 Å². The van der Waals surface area contributed by atoms with Crippen LogP contribution in [0.4, 0.5) is 0 Å². The minimum atomic E-state index is 0.447. The van der Waals surface area contributed by atoms with E-state index in [1.54, 1.807) is 21.3 Å². The summed E-state index contributed by atoms with van der Waals surface area (Å²) in [6.07, 6.45) is 2.23. The van der Waals surface area contributed by atoms with Crippen molar-refractivity contribution in [2.24, 2.45) is 5.92 Å². The van der Waals surface area contributed by atoms with Crippen molar-refractivity contribution < 1.29 is 18.9 Å². The maximum Gasteiger partial charge on any atom is 0.203 e. The third kappa shape index (κ3) is 4.40. The second-order valence-electron chi connectivity index (χ2n) is 4.51. The highest BCUT2D eigenvalue weighted by atomic mass is 32.1. The van der Waals surface area contributed by atoms with Gasteiger partial charge in [0.25, 0.3) is 0 Å². The Morgan fingerprint density at radius 1 is 1.05 bits per heavy atom. The van der Waals surface area contributed by atoms with Crippen molar-refractivity contribution in [3.05, 3.63) is 12.1 Å². The maximum atomic E-state index is 5.83. The van der Waals surface area contributed by atoms with Gasteiger partial charge in [-0.1, -0.05) is 13.3 Å². The van der Waals surface area contributed by atoms with Gasteiger partial charge in [-0.3, -0.25) is 0 Å². The molecule has 0 heterocycles. The van der Waals surface area contributed by atoms with E-state index in [-0.39, 0.29) is 0 Å². The van der Waals surface area contributed by atoms with E-state index in [0.717, 1.165) is 18.6 Å². The Hall–Kier alpha value is -1.23. The molecular formula is C15H24O4S. The first kappa shape index (κ1) is 16.8. The van der Waals surface area contributed by atoms with Crippen LogP contribution in [0.3, 0.4) is 0 Å². The number of benzene rings is 1. The van der Waals surface area contributed by atoms with Crippen molar-refractivity contribution in [1.82, 2.24) is 0 Å². The van der Waals surface area contributed by atoms with Crippen LogP contribution < -0.4 is 18.9 Å². The van der Waals surface area contributed by atoms with Gasteiger partial charge in [0, 0.05) is 18.1 Å². The second kappa shape index (κ2) is 8.84. The topological polar surface area (TPSA) is 36.9 Å². The fourth-order valence-corrected chi connectivity index (χ4v) is 2.28. The zero-order valence-corrected chi connectivity index (χ0v) is 13.5. The van der Waals surface area contributed by atoms with Gasteiger partial charge < -0.3 is 18.9 Å². The lowest BCUT2D eigenvalue weighted by Crippen LogP contribution is -2.13. The Morgan fingerprint density at radius 3 is 2.05 bits per heavy atom. The van der Waals surface area contributed by atoms with Crippen molar-refractivity contribution in [3.63, 3.8) is 0 Å². The van der Waals surface area contributed by atoms with E-state index in [1.807, 2.05) is 12.1 Å². The third-order valence-corrected chi connectivity index (χ3v) is 3.60. The first-order valence-electron chi connectivity index (χ1n) is 6.73. The molecule has 0 fully saturated rings. The van der Waals surface area contributed by atoms with Crippen LogP contribution in [0.25, 0.3) is 0 Å². The molecule has 1 rings (SSSR count). The van der Waals surface area contributed by atoms with Gasteiger partial charge in [0.05, 0.1) is 27.9 Å². The van der Waals surface area contributed by atoms with E-state index >= 15 is 0 Å². The SMILES string of the molecule is CCCC(CS)COc1cc(OC)c(OC)c(OC)c1. The highest BCUT2D eigenvalue weighted by molar-refractivity contribution is 7.80. The molecular weight excluding hydrogens is 276 g/mol. The van der Waals surface area contributed by atoms with E-state index in [4.69, 9.17) is 18.9 Å². The van der Waals surface area contributed by atoms with E-state index in [0.29, 0.717) is 35.5 Å². The van der Waals surface area contributed by atoms with Crippen molar-refractivity contribution in [2.75, 3.05) is 33.7 Å². The molecule has 0 aliphatic heterocycles. The molecule has 0 amide bonds. The molecule has 0 bridgehead atoms. The summed E-state index contributed by atoms with van der Waals surface area (Å²) in [6.45, 7) is 2.80. The van der Waals surface area contributed by atoms with E-state index in [1.165, 1.54) is 0 Å². The first-order chi connectivity index (χ1) is 9.69. The zero-order chi connectivity index (χ0) is 15.0. The summed E-state index contributed by atoms with van der Waals surface area (Å²) in [5, 5.41) is 0. The van der Waals surface area contributed by atoms with Crippen LogP contribution in [0.5, 0.6) is 23.0 Å². The largest absolute Gasteiger partial charge is 0.493 e. The number of hydrogen-bond acceptors (Lipinski definition) is 5. The van der Waals surface area contributed by atoms with E-state index in [2.05, 4.69) is 19.6 Å². The maximum absolute atomic E-state index is 5.83. The Labute approximate surface area is 126 Å². The van der Waals surface area contributed by atoms with E-state index < -0.39 is 0 Å². The number of rotatable bonds is 9. The molecule has 1 unspecified atom stereocenters. The van der Waals surface area contributed by atoms with Crippen LogP contribution in [0.1, 0.15) is 19.8 Å². The molecule has 1 atom stereocenters. The van der Waals surface area contributed by atoms with Crippen LogP contribution in [-0.2, 0) is 0 Å². The quantitative estimate of drug-likeness (QED) is 0.709. The first-order valence-corrected chi connectivity index (χ1v) is 7.37. The number of methoxy groups -OCH3 is 3. The molecule has 1 aromatic carbocycles. The van der Waals surface area contributed by atoms with Crippen LogP contribution in [-0.4, -0.2) is 33.7 Å². The molecule has 114 valence electrons. The summed E-state index contributed by atoms with van der Waals surface area (Å²) in [4.78, 5) is 0. The van der Waals surface area contributed by atoms with E-state index in [9.17, 15) is 0 Å². The molecule has 0 saturated carbocycles. The molecule has 5 heteroatoms. The van der Waals surface area contributed by atoms with Crippen molar-refractivity contribution in [2.45, 2.75) is 19.8 Å². The second-order valence-corrected chi connectivity index (χ2v) is 4.87. The molecule has 0 radical (unpaired) electrons. The Balaban J connectivity index is 2.85. The Bertz CT molecular complexity index is 384. The minimum Gasteiger partial charge on any atom is -0.493 e. The fraction of sp³-hybridized carbons (Fsp3) is 0.600. The summed E-state index contributed by atoms with van der Waals surface area (Å²) in [6, 6.07) is 3.62. The van der Waals surface area contributed by atoms with Gasteiger partial charge in [0.15, 0.2) is 11.5 Å². The third-order valence-electron chi connectivity index (χ3n) is 3.08. The van der Waals surface area contributed by atoms with Gasteiger partial charge in [-0.05, 0) is 12.2 Å². The molecule has 0 aliphatic carbocycles. The van der Waals surface area contributed by atoms with Crippen molar-refractivity contribution in [3.8, 4) is 23.0 Å². The summed E-state index contributed by atoms with van der Waals surface area (Å²) >= 11 is 4.36. The average Bonchev–Trinajstić information content (AvgIpc) is 2.49. The number of hydrogen-bond donors (Lipinski definition) is 1. The molecule has 0 saturated heterocycles. The molecule has 4 nitrogen and oxygen atoms in total. The monoisotopic (exact) mass is 300 g/mol. The predicted octanol–water partition coefficient (Wildman–Crippen LogP) is 3.44. The van der Waals surface area contributed by atoms with Gasteiger partial charge >= 0.3 is 0 Å². The van der Waals surface area contributed by atoms with Crippen molar-refractivity contribution >= 4 is 12.6 Å². The summed E-state index contributed by atoms with van der Waals surface area (Å²) in [7, 11) is 4.77. The van der Waals surface area contributed by atoms with Crippen LogP contribution in [0.2, 0.25) is 0 Å². The average molecular weight is 300 g/mol. The van der Waals surface area contributed by atoms with Crippen molar-refractivity contribution in [1.29, 1.82) is 0 Å². The predicted molar refractivity (Wildman–Crippen MR) is 83.8 cm³/mol. The number of thiol groups is 1. The smallest absolute Gasteiger partial charge is 0.203 e. The molecule has 0 aromatic heterocycles. The summed E-state index contributed by atoms with van der Waals surface area (Å²) in [5.74, 6) is 3.74. The number of ether oxygens (including phenoxy) is 4. The highest BCUT2D eigenvalue weighted by Gasteiger charge is 2.15. The van der Waals surface area contributed by atoms with Gasteiger partial charge in [-0.25, -0.2) is 0 Å². The zero-order valence-electron chi connectivity index (χ0n) is 12.6. The molecule has 0 aliphatic rings. The van der Waals surface area contributed by atoms with Crippen LogP contribution in [0.15, 0.2) is 12.1 Å². The standard InChI is InChI=1S/C15H24O4S/c1-5-6-11(10-20)9-19-12-7-13(16-2)15(18-4)14(8-12)17-3/h7-8,11,20H,5-6,9-10H2,1-4H3. The lowest BCUT2D eigenvalue weighted by atomic mass is 10.1. The van der Waals surface area contributed by atoms with Crippen LogP contribution >= 0.6 is 12.6 Å². The molecule has 0 N–H and O–H groups in total.